The molecule has 0 aliphatic heterocycles. The zero-order valence-electron chi connectivity index (χ0n) is 7.82. The highest BCUT2D eigenvalue weighted by atomic mass is 79.9. The maximum Gasteiger partial charge on any atom is 0.0995 e. The average molecular weight is 287 g/mol. The fourth-order valence-electron chi connectivity index (χ4n) is 1.37. The SMILES string of the molecule is NCc1cncn1-c1ccc(Br)cc1Cl. The molecular formula is C10H9BrClN3. The molecule has 0 fully saturated rings. The van der Waals surface area contributed by atoms with Crippen molar-refractivity contribution in [2.45, 2.75) is 6.54 Å². The van der Waals surface area contributed by atoms with E-state index in [9.17, 15) is 0 Å². The van der Waals surface area contributed by atoms with Gasteiger partial charge in [-0.1, -0.05) is 27.5 Å². The summed E-state index contributed by atoms with van der Waals surface area (Å²) in [5.41, 5.74) is 7.42. The number of rotatable bonds is 2. The highest BCUT2D eigenvalue weighted by molar-refractivity contribution is 9.10. The van der Waals surface area contributed by atoms with E-state index in [1.807, 2.05) is 22.8 Å². The first-order valence-electron chi connectivity index (χ1n) is 4.39. The Bertz CT molecular complexity index is 481. The second-order valence-corrected chi connectivity index (χ2v) is 4.38. The smallest absolute Gasteiger partial charge is 0.0995 e. The highest BCUT2D eigenvalue weighted by Gasteiger charge is 2.06. The first kappa shape index (κ1) is 10.7. The van der Waals surface area contributed by atoms with Crippen LogP contribution in [-0.4, -0.2) is 9.55 Å². The van der Waals surface area contributed by atoms with Crippen LogP contribution in [0.4, 0.5) is 0 Å². The Morgan fingerprint density at radius 1 is 1.47 bits per heavy atom. The summed E-state index contributed by atoms with van der Waals surface area (Å²) in [5.74, 6) is 0. The third-order valence-corrected chi connectivity index (χ3v) is 2.89. The molecule has 0 atom stereocenters. The summed E-state index contributed by atoms with van der Waals surface area (Å²) in [5, 5.41) is 0.664. The van der Waals surface area contributed by atoms with Crippen LogP contribution in [0.2, 0.25) is 5.02 Å². The zero-order chi connectivity index (χ0) is 10.8. The Labute approximate surface area is 101 Å². The molecule has 2 N–H and O–H groups in total. The molecule has 0 aliphatic carbocycles. The fourth-order valence-corrected chi connectivity index (χ4v) is 2.13. The van der Waals surface area contributed by atoms with Crippen LogP contribution in [-0.2, 0) is 6.54 Å². The minimum atomic E-state index is 0.437. The van der Waals surface area contributed by atoms with Gasteiger partial charge in [0.15, 0.2) is 0 Å². The van der Waals surface area contributed by atoms with Crippen molar-refractivity contribution in [3.05, 3.63) is 45.9 Å². The second-order valence-electron chi connectivity index (χ2n) is 3.05. The minimum Gasteiger partial charge on any atom is -0.325 e. The molecule has 1 aromatic carbocycles. The Balaban J connectivity index is 2.54. The molecule has 1 heterocycles. The quantitative estimate of drug-likeness (QED) is 0.922. The molecular weight excluding hydrogens is 277 g/mol. The van der Waals surface area contributed by atoms with Crippen molar-refractivity contribution < 1.29 is 0 Å². The van der Waals surface area contributed by atoms with E-state index in [1.54, 1.807) is 12.5 Å². The highest BCUT2D eigenvalue weighted by Crippen LogP contribution is 2.25. The lowest BCUT2D eigenvalue weighted by molar-refractivity contribution is 0.910. The van der Waals surface area contributed by atoms with E-state index in [1.165, 1.54) is 0 Å². The Morgan fingerprint density at radius 2 is 2.27 bits per heavy atom. The van der Waals surface area contributed by atoms with Gasteiger partial charge in [-0.25, -0.2) is 4.98 Å². The molecule has 15 heavy (non-hydrogen) atoms. The standard InChI is InChI=1S/C10H9BrClN3/c11-7-1-2-10(9(12)3-7)15-6-14-5-8(15)4-13/h1-3,5-6H,4,13H2. The molecule has 1 aromatic heterocycles. The van der Waals surface area contributed by atoms with Crippen molar-refractivity contribution in [2.75, 3.05) is 0 Å². The molecule has 0 bridgehead atoms. The van der Waals surface area contributed by atoms with E-state index in [0.29, 0.717) is 11.6 Å². The van der Waals surface area contributed by atoms with Crippen molar-refractivity contribution in [2.24, 2.45) is 5.73 Å². The minimum absolute atomic E-state index is 0.437. The molecule has 78 valence electrons. The number of benzene rings is 1. The third kappa shape index (κ3) is 2.07. The van der Waals surface area contributed by atoms with Gasteiger partial charge in [-0.15, -0.1) is 0 Å². The van der Waals surface area contributed by atoms with E-state index < -0.39 is 0 Å². The van der Waals surface area contributed by atoms with Crippen LogP contribution in [0.25, 0.3) is 5.69 Å². The van der Waals surface area contributed by atoms with E-state index in [2.05, 4.69) is 20.9 Å². The molecule has 0 saturated heterocycles. The predicted molar refractivity (Wildman–Crippen MR) is 64.2 cm³/mol. The van der Waals surface area contributed by atoms with Gasteiger partial charge < -0.3 is 10.3 Å². The van der Waals surface area contributed by atoms with Crippen molar-refractivity contribution in [1.29, 1.82) is 0 Å². The molecule has 2 rings (SSSR count). The van der Waals surface area contributed by atoms with Gasteiger partial charge in [0.1, 0.15) is 0 Å². The lowest BCUT2D eigenvalue weighted by atomic mass is 10.3. The number of halogens is 2. The van der Waals surface area contributed by atoms with Gasteiger partial charge in [0.25, 0.3) is 0 Å². The first-order valence-corrected chi connectivity index (χ1v) is 5.56. The van der Waals surface area contributed by atoms with Gasteiger partial charge in [-0.05, 0) is 18.2 Å². The molecule has 0 aliphatic rings. The average Bonchev–Trinajstić information content (AvgIpc) is 2.65. The van der Waals surface area contributed by atoms with E-state index >= 15 is 0 Å². The molecule has 0 amide bonds. The number of hydrogen-bond donors (Lipinski definition) is 1. The largest absolute Gasteiger partial charge is 0.325 e. The first-order chi connectivity index (χ1) is 7.22. The maximum atomic E-state index is 6.13. The molecule has 0 radical (unpaired) electrons. The molecule has 0 unspecified atom stereocenters. The summed E-state index contributed by atoms with van der Waals surface area (Å²) in [6.45, 7) is 0.437. The number of nitrogens with zero attached hydrogens (tertiary/aromatic N) is 2. The maximum absolute atomic E-state index is 6.13. The van der Waals surface area contributed by atoms with Crippen LogP contribution < -0.4 is 5.73 Å². The Hall–Kier alpha value is -0.840. The summed E-state index contributed by atoms with van der Waals surface area (Å²) in [6.07, 6.45) is 3.44. The predicted octanol–water partition coefficient (Wildman–Crippen LogP) is 2.75. The summed E-state index contributed by atoms with van der Waals surface area (Å²) in [7, 11) is 0. The Kier molecular flexibility index (Phi) is 3.09. The lowest BCUT2D eigenvalue weighted by Gasteiger charge is -2.08. The van der Waals surface area contributed by atoms with E-state index in [4.69, 9.17) is 17.3 Å². The third-order valence-electron chi connectivity index (χ3n) is 2.09. The molecule has 3 nitrogen and oxygen atoms in total. The molecule has 0 saturated carbocycles. The summed E-state index contributed by atoms with van der Waals surface area (Å²) in [6, 6.07) is 5.70. The van der Waals surface area contributed by atoms with E-state index in [-0.39, 0.29) is 0 Å². The van der Waals surface area contributed by atoms with Crippen LogP contribution in [0.1, 0.15) is 5.69 Å². The van der Waals surface area contributed by atoms with Crippen LogP contribution in [0.15, 0.2) is 35.2 Å². The normalized spacial score (nSPS) is 10.6. The van der Waals surface area contributed by atoms with Gasteiger partial charge in [-0.2, -0.15) is 0 Å². The van der Waals surface area contributed by atoms with Crippen LogP contribution in [0, 0.1) is 0 Å². The molecule has 0 spiro atoms. The lowest BCUT2D eigenvalue weighted by Crippen LogP contribution is -2.04. The topological polar surface area (TPSA) is 43.8 Å². The summed E-state index contributed by atoms with van der Waals surface area (Å²) >= 11 is 9.49. The second kappa shape index (κ2) is 4.35. The summed E-state index contributed by atoms with van der Waals surface area (Å²) in [4.78, 5) is 4.05. The number of hydrogen-bond acceptors (Lipinski definition) is 2. The summed E-state index contributed by atoms with van der Waals surface area (Å²) < 4.78 is 2.83. The van der Waals surface area contributed by atoms with E-state index in [0.717, 1.165) is 15.9 Å². The van der Waals surface area contributed by atoms with Crippen molar-refractivity contribution in [1.82, 2.24) is 9.55 Å². The molecule has 5 heteroatoms. The fraction of sp³-hybridized carbons (Fsp3) is 0.100. The zero-order valence-corrected chi connectivity index (χ0v) is 10.2. The van der Waals surface area contributed by atoms with Crippen LogP contribution >= 0.6 is 27.5 Å². The van der Waals surface area contributed by atoms with Gasteiger partial charge >= 0.3 is 0 Å². The van der Waals surface area contributed by atoms with Crippen molar-refractivity contribution in [3.63, 3.8) is 0 Å². The van der Waals surface area contributed by atoms with Gasteiger partial charge in [0.05, 0.1) is 22.7 Å². The van der Waals surface area contributed by atoms with Gasteiger partial charge in [0.2, 0.25) is 0 Å². The number of imidazole rings is 1. The number of aromatic nitrogens is 2. The Morgan fingerprint density at radius 3 is 2.93 bits per heavy atom. The van der Waals surface area contributed by atoms with Crippen molar-refractivity contribution in [3.8, 4) is 5.69 Å². The van der Waals surface area contributed by atoms with Gasteiger partial charge in [0, 0.05) is 17.2 Å². The van der Waals surface area contributed by atoms with Crippen LogP contribution in [0.5, 0.6) is 0 Å². The van der Waals surface area contributed by atoms with Crippen LogP contribution in [0.3, 0.4) is 0 Å². The monoisotopic (exact) mass is 285 g/mol. The molecule has 2 aromatic rings. The van der Waals surface area contributed by atoms with Gasteiger partial charge in [-0.3, -0.25) is 0 Å². The van der Waals surface area contributed by atoms with Crippen molar-refractivity contribution >= 4 is 27.5 Å². The number of nitrogens with two attached hydrogens (primary N) is 1.